The molecule has 0 unspecified atom stereocenters. The number of hydrogen-bond acceptors (Lipinski definition) is 7. The first kappa shape index (κ1) is 28.2. The summed E-state index contributed by atoms with van der Waals surface area (Å²) in [4.78, 5) is 26.0. The van der Waals surface area contributed by atoms with E-state index in [9.17, 15) is 4.79 Å². The van der Waals surface area contributed by atoms with Crippen molar-refractivity contribution in [1.82, 2.24) is 24.3 Å². The molecule has 0 aliphatic carbocycles. The first-order valence-electron chi connectivity index (χ1n) is 14.3. The van der Waals surface area contributed by atoms with Crippen molar-refractivity contribution in [2.24, 2.45) is 5.92 Å². The summed E-state index contributed by atoms with van der Waals surface area (Å²) < 4.78 is 13.4. The Morgan fingerprint density at radius 1 is 1.14 bits per heavy atom. The predicted molar refractivity (Wildman–Crippen MR) is 165 cm³/mol. The van der Waals surface area contributed by atoms with Crippen LogP contribution in [0.25, 0.3) is 22.2 Å². The standard InChI is InChI=1S/C32H35ClN6O3/c1-37(18-22-14-17-41-20-22)15-5-8-27(40)38-16-13-24(19-38)39-30(33)28(29-31(34)35-21-36-32(29)39)23-9-11-26(12-10-23)42-25-6-3-2-4-7-25/h2-12,21-22,24H,13-20H2,1H3,(H2,34,35,36)/b8-5+/t22-,24-/m1/s1. The van der Waals surface area contributed by atoms with Crippen LogP contribution in [-0.2, 0) is 9.53 Å². The number of nitrogens with two attached hydrogens (primary N) is 1. The molecule has 218 valence electrons. The second-order valence-electron chi connectivity index (χ2n) is 11.0. The summed E-state index contributed by atoms with van der Waals surface area (Å²) in [6.45, 7) is 4.54. The fourth-order valence-electron chi connectivity index (χ4n) is 5.87. The first-order valence-corrected chi connectivity index (χ1v) is 14.7. The Kier molecular flexibility index (Phi) is 8.41. The van der Waals surface area contributed by atoms with Crippen LogP contribution >= 0.6 is 11.6 Å². The molecule has 2 N–H and O–H groups in total. The Bertz CT molecular complexity index is 1570. The van der Waals surface area contributed by atoms with Gasteiger partial charge in [-0.05, 0) is 55.6 Å². The number of hydrogen-bond donors (Lipinski definition) is 1. The van der Waals surface area contributed by atoms with Crippen LogP contribution in [0.2, 0.25) is 5.15 Å². The zero-order valence-corrected chi connectivity index (χ0v) is 24.4. The predicted octanol–water partition coefficient (Wildman–Crippen LogP) is 5.42. The van der Waals surface area contributed by atoms with E-state index in [1.807, 2.05) is 70.1 Å². The highest BCUT2D eigenvalue weighted by molar-refractivity contribution is 6.35. The van der Waals surface area contributed by atoms with Gasteiger partial charge >= 0.3 is 0 Å². The van der Waals surface area contributed by atoms with Gasteiger partial charge in [0.2, 0.25) is 5.91 Å². The molecule has 2 saturated heterocycles. The van der Waals surface area contributed by atoms with Crippen molar-refractivity contribution in [2.45, 2.75) is 18.9 Å². The van der Waals surface area contributed by atoms with E-state index in [0.29, 0.717) is 46.8 Å². The molecule has 0 spiro atoms. The maximum atomic E-state index is 13.0. The Morgan fingerprint density at radius 3 is 2.69 bits per heavy atom. The van der Waals surface area contributed by atoms with Gasteiger partial charge in [-0.25, -0.2) is 9.97 Å². The van der Waals surface area contributed by atoms with E-state index in [4.69, 9.17) is 26.8 Å². The highest BCUT2D eigenvalue weighted by Crippen LogP contribution is 2.43. The maximum absolute atomic E-state index is 13.0. The monoisotopic (exact) mass is 586 g/mol. The number of anilines is 1. The molecule has 0 radical (unpaired) electrons. The molecule has 2 fully saturated rings. The largest absolute Gasteiger partial charge is 0.457 e. The molecule has 6 rings (SSSR count). The van der Waals surface area contributed by atoms with Crippen molar-refractivity contribution < 1.29 is 14.3 Å². The van der Waals surface area contributed by atoms with Crippen molar-refractivity contribution in [1.29, 1.82) is 0 Å². The Hall–Kier alpha value is -3.92. The molecule has 2 atom stereocenters. The smallest absolute Gasteiger partial charge is 0.246 e. The number of likely N-dealkylation sites (tertiary alicyclic amines) is 1. The normalized spacial score (nSPS) is 19.0. The van der Waals surface area contributed by atoms with Crippen molar-refractivity contribution in [3.05, 3.63) is 78.2 Å². The molecule has 9 nitrogen and oxygen atoms in total. The summed E-state index contributed by atoms with van der Waals surface area (Å²) in [6, 6.07) is 17.3. The Balaban J connectivity index is 1.18. The molecule has 2 aliphatic heterocycles. The summed E-state index contributed by atoms with van der Waals surface area (Å²) in [6.07, 6.45) is 6.95. The quantitative estimate of drug-likeness (QED) is 0.261. The number of carbonyl (C=O) groups excluding carboxylic acids is 1. The third kappa shape index (κ3) is 5.99. The van der Waals surface area contributed by atoms with Crippen LogP contribution in [0.4, 0.5) is 5.82 Å². The van der Waals surface area contributed by atoms with Gasteiger partial charge in [-0.2, -0.15) is 0 Å². The number of benzene rings is 2. The van der Waals surface area contributed by atoms with Gasteiger partial charge in [-0.15, -0.1) is 0 Å². The molecule has 0 saturated carbocycles. The summed E-state index contributed by atoms with van der Waals surface area (Å²) >= 11 is 7.10. The molecular weight excluding hydrogens is 552 g/mol. The molecule has 1 amide bonds. The molecular formula is C32H35ClN6O3. The van der Waals surface area contributed by atoms with Gasteiger partial charge in [-0.3, -0.25) is 4.79 Å². The van der Waals surface area contributed by atoms with Crippen molar-refractivity contribution in [2.75, 3.05) is 52.2 Å². The van der Waals surface area contributed by atoms with Crippen LogP contribution in [0.1, 0.15) is 18.9 Å². The highest BCUT2D eigenvalue weighted by atomic mass is 35.5. The number of para-hydroxylation sites is 1. The Morgan fingerprint density at radius 2 is 1.93 bits per heavy atom. The first-order chi connectivity index (χ1) is 20.5. The number of rotatable bonds is 9. The lowest BCUT2D eigenvalue weighted by atomic mass is 10.1. The zero-order chi connectivity index (χ0) is 29.1. The molecule has 2 aromatic carbocycles. The van der Waals surface area contributed by atoms with Crippen LogP contribution < -0.4 is 10.5 Å². The highest BCUT2D eigenvalue weighted by Gasteiger charge is 2.31. The lowest BCUT2D eigenvalue weighted by Gasteiger charge is -2.19. The average molecular weight is 587 g/mol. The van der Waals surface area contributed by atoms with E-state index >= 15 is 0 Å². The second-order valence-corrected chi connectivity index (χ2v) is 11.4. The van der Waals surface area contributed by atoms with Crippen LogP contribution in [-0.4, -0.2) is 76.7 Å². The second kappa shape index (κ2) is 12.5. The molecule has 0 bridgehead atoms. The van der Waals surface area contributed by atoms with Gasteiger partial charge in [0.25, 0.3) is 0 Å². The van der Waals surface area contributed by atoms with Crippen LogP contribution in [0.15, 0.2) is 73.1 Å². The molecule has 4 heterocycles. The SMILES string of the molecule is CN(C/C=C/C(=O)N1CC[C@@H](n2c(Cl)c(-c3ccc(Oc4ccccc4)cc3)c3c(N)ncnc32)C1)C[C@H]1CCOC1. The van der Waals surface area contributed by atoms with Gasteiger partial charge in [-0.1, -0.05) is 48.0 Å². The van der Waals surface area contributed by atoms with Gasteiger partial charge < -0.3 is 29.6 Å². The minimum Gasteiger partial charge on any atom is -0.457 e. The average Bonchev–Trinajstić information content (AvgIpc) is 3.74. The Labute approximate surface area is 250 Å². The van der Waals surface area contributed by atoms with Crippen molar-refractivity contribution in [3.8, 4) is 22.6 Å². The molecule has 10 heteroatoms. The lowest BCUT2D eigenvalue weighted by Crippen LogP contribution is -2.28. The van der Waals surface area contributed by atoms with Crippen molar-refractivity contribution in [3.63, 3.8) is 0 Å². The maximum Gasteiger partial charge on any atom is 0.246 e. The van der Waals surface area contributed by atoms with Crippen LogP contribution in [0.5, 0.6) is 11.5 Å². The number of halogens is 1. The van der Waals surface area contributed by atoms with Crippen LogP contribution in [0, 0.1) is 5.92 Å². The molecule has 2 aliphatic rings. The van der Waals surface area contributed by atoms with Gasteiger partial charge in [0.15, 0.2) is 0 Å². The molecule has 42 heavy (non-hydrogen) atoms. The van der Waals surface area contributed by atoms with Gasteiger partial charge in [0, 0.05) is 44.4 Å². The van der Waals surface area contributed by atoms with E-state index in [1.165, 1.54) is 6.33 Å². The minimum atomic E-state index is -0.0360. The van der Waals surface area contributed by atoms with Gasteiger partial charge in [0.1, 0.15) is 34.4 Å². The summed E-state index contributed by atoms with van der Waals surface area (Å²) in [7, 11) is 2.08. The van der Waals surface area contributed by atoms with E-state index < -0.39 is 0 Å². The van der Waals surface area contributed by atoms with E-state index in [1.54, 1.807) is 6.08 Å². The number of nitrogens with zero attached hydrogens (tertiary/aromatic N) is 5. The number of fused-ring (bicyclic) bond motifs is 1. The number of likely N-dealkylation sites (N-methyl/N-ethyl adjacent to an activating group) is 1. The number of nitrogen functional groups attached to an aromatic ring is 1. The van der Waals surface area contributed by atoms with Crippen LogP contribution in [0.3, 0.4) is 0 Å². The summed E-state index contributed by atoms with van der Waals surface area (Å²) in [5.74, 6) is 2.42. The van der Waals surface area contributed by atoms with Gasteiger partial charge in [0.05, 0.1) is 18.0 Å². The molecule has 4 aromatic rings. The van der Waals surface area contributed by atoms with E-state index in [-0.39, 0.29) is 11.9 Å². The van der Waals surface area contributed by atoms with E-state index in [2.05, 4.69) is 21.9 Å². The van der Waals surface area contributed by atoms with Crippen molar-refractivity contribution >= 4 is 34.4 Å². The van der Waals surface area contributed by atoms with E-state index in [0.717, 1.165) is 56.0 Å². The number of ether oxygens (including phenoxy) is 2. The number of aromatic nitrogens is 3. The fraction of sp³-hybridized carbons (Fsp3) is 0.344. The molecule has 2 aromatic heterocycles. The number of carbonyl (C=O) groups is 1. The lowest BCUT2D eigenvalue weighted by molar-refractivity contribution is -0.125. The zero-order valence-electron chi connectivity index (χ0n) is 23.7. The third-order valence-electron chi connectivity index (χ3n) is 7.99. The number of amides is 1. The summed E-state index contributed by atoms with van der Waals surface area (Å²) in [5, 5.41) is 1.24. The third-order valence-corrected chi connectivity index (χ3v) is 8.36. The summed E-state index contributed by atoms with van der Waals surface area (Å²) in [5.41, 5.74) is 8.70. The topological polar surface area (TPSA) is 98.7 Å². The fourth-order valence-corrected chi connectivity index (χ4v) is 6.30. The minimum absolute atomic E-state index is 0.00560.